The first-order valence-electron chi connectivity index (χ1n) is 9.56. The third kappa shape index (κ3) is 3.35. The van der Waals surface area contributed by atoms with Crippen molar-refractivity contribution in [2.75, 3.05) is 23.0 Å². The summed E-state index contributed by atoms with van der Waals surface area (Å²) in [6.45, 7) is 0.359. The number of para-hydroxylation sites is 2. The minimum atomic E-state index is -0.739. The van der Waals surface area contributed by atoms with Gasteiger partial charge in [0, 0.05) is 17.9 Å². The monoisotopic (exact) mass is 402 g/mol. The average Bonchev–Trinajstić information content (AvgIpc) is 2.78. The molecule has 0 spiro atoms. The Morgan fingerprint density at radius 2 is 1.33 bits per heavy atom. The molecule has 4 rings (SSSR count). The van der Waals surface area contributed by atoms with E-state index in [9.17, 15) is 14.7 Å². The van der Waals surface area contributed by atoms with E-state index in [1.54, 1.807) is 12.1 Å². The quantitative estimate of drug-likeness (QED) is 0.607. The molecule has 0 bridgehead atoms. The number of aliphatic hydroxyl groups is 1. The highest BCUT2D eigenvalue weighted by molar-refractivity contribution is 6.09. The van der Waals surface area contributed by atoms with E-state index < -0.39 is 11.8 Å². The van der Waals surface area contributed by atoms with Crippen LogP contribution >= 0.6 is 0 Å². The zero-order valence-corrected chi connectivity index (χ0v) is 16.2. The molecule has 30 heavy (non-hydrogen) atoms. The predicted molar refractivity (Wildman–Crippen MR) is 116 cm³/mol. The van der Waals surface area contributed by atoms with Gasteiger partial charge in [-0.25, -0.2) is 0 Å². The van der Waals surface area contributed by atoms with Gasteiger partial charge in [-0.05, 0) is 36.4 Å². The number of amides is 2. The Morgan fingerprint density at radius 3 is 1.83 bits per heavy atom. The Kier molecular flexibility index (Phi) is 5.12. The number of anilines is 4. The molecule has 3 aromatic carbocycles. The molecule has 3 aromatic rings. The number of benzene rings is 3. The van der Waals surface area contributed by atoms with Gasteiger partial charge in [-0.1, -0.05) is 36.4 Å². The minimum absolute atomic E-state index is 0.0498. The third-order valence-corrected chi connectivity index (χ3v) is 5.27. The molecule has 0 aliphatic carbocycles. The van der Waals surface area contributed by atoms with Gasteiger partial charge < -0.3 is 26.4 Å². The lowest BCUT2D eigenvalue weighted by Gasteiger charge is -2.44. The number of hydrogen-bond donors (Lipinski definition) is 3. The molecule has 0 radical (unpaired) electrons. The largest absolute Gasteiger partial charge is 0.394 e. The van der Waals surface area contributed by atoms with Gasteiger partial charge in [0.25, 0.3) is 0 Å². The van der Waals surface area contributed by atoms with Gasteiger partial charge in [0.15, 0.2) is 0 Å². The van der Waals surface area contributed by atoms with E-state index in [2.05, 4.69) is 0 Å². The Hall–Kier alpha value is -3.84. The highest BCUT2D eigenvalue weighted by atomic mass is 16.3. The lowest BCUT2D eigenvalue weighted by molar-refractivity contribution is 0.0967. The summed E-state index contributed by atoms with van der Waals surface area (Å²) in [6.07, 6.45) is 0. The summed E-state index contributed by atoms with van der Waals surface area (Å²) < 4.78 is 0. The normalized spacial score (nSPS) is 15.6. The molecular formula is C23H22N4O3. The summed E-state index contributed by atoms with van der Waals surface area (Å²) in [5.41, 5.74) is 14.3. The standard InChI is InChI=1S/C23H22N4O3/c24-22(29)18-11-20-21(12-19(18)23(25)30)27(16-9-5-2-6-10-16)17(14-28)13-26(20)15-7-3-1-4-8-15/h1-12,17,28H,13-14H2,(H2,24,29)(H2,25,30). The van der Waals surface area contributed by atoms with Crippen LogP contribution in [0.15, 0.2) is 72.8 Å². The smallest absolute Gasteiger partial charge is 0.249 e. The summed E-state index contributed by atoms with van der Waals surface area (Å²) in [7, 11) is 0. The van der Waals surface area contributed by atoms with Crippen LogP contribution in [0.5, 0.6) is 0 Å². The second-order valence-electron chi connectivity index (χ2n) is 7.10. The second kappa shape index (κ2) is 7.88. The van der Waals surface area contributed by atoms with Crippen molar-refractivity contribution in [2.45, 2.75) is 6.04 Å². The van der Waals surface area contributed by atoms with Crippen LogP contribution in [0.1, 0.15) is 20.7 Å². The van der Waals surface area contributed by atoms with Gasteiger partial charge in [0.05, 0.1) is 35.2 Å². The maximum Gasteiger partial charge on any atom is 0.249 e. The molecule has 7 nitrogen and oxygen atoms in total. The maximum atomic E-state index is 12.1. The van der Waals surface area contributed by atoms with Crippen molar-refractivity contribution in [3.05, 3.63) is 83.9 Å². The number of carbonyl (C=O) groups is 2. The van der Waals surface area contributed by atoms with E-state index in [1.165, 1.54) is 0 Å². The van der Waals surface area contributed by atoms with Gasteiger partial charge >= 0.3 is 0 Å². The molecule has 1 atom stereocenters. The second-order valence-corrected chi connectivity index (χ2v) is 7.10. The van der Waals surface area contributed by atoms with Crippen LogP contribution in [-0.2, 0) is 0 Å². The minimum Gasteiger partial charge on any atom is -0.394 e. The molecule has 7 heteroatoms. The molecule has 152 valence electrons. The number of fused-ring (bicyclic) bond motifs is 1. The molecular weight excluding hydrogens is 380 g/mol. The number of nitrogens with zero attached hydrogens (tertiary/aromatic N) is 2. The van der Waals surface area contributed by atoms with Crippen molar-refractivity contribution in [3.8, 4) is 0 Å². The zero-order valence-electron chi connectivity index (χ0n) is 16.2. The van der Waals surface area contributed by atoms with E-state index in [1.807, 2.05) is 70.5 Å². The lowest BCUT2D eigenvalue weighted by atomic mass is 9.98. The fourth-order valence-electron chi connectivity index (χ4n) is 3.91. The van der Waals surface area contributed by atoms with Crippen molar-refractivity contribution < 1.29 is 14.7 Å². The predicted octanol–water partition coefficient (Wildman–Crippen LogP) is 2.54. The first kappa shape index (κ1) is 19.5. The van der Waals surface area contributed by atoms with Gasteiger partial charge in [0.1, 0.15) is 0 Å². The summed E-state index contributed by atoms with van der Waals surface area (Å²) in [5, 5.41) is 10.2. The number of nitrogens with two attached hydrogens (primary N) is 2. The van der Waals surface area contributed by atoms with Crippen LogP contribution in [0.4, 0.5) is 22.7 Å². The van der Waals surface area contributed by atoms with E-state index >= 15 is 0 Å². The van der Waals surface area contributed by atoms with E-state index in [0.717, 1.165) is 11.4 Å². The summed E-state index contributed by atoms with van der Waals surface area (Å²) in [5.74, 6) is -1.47. The fourth-order valence-corrected chi connectivity index (χ4v) is 3.91. The number of rotatable bonds is 5. The van der Waals surface area contributed by atoms with Crippen LogP contribution in [0.3, 0.4) is 0 Å². The summed E-state index contributed by atoms with van der Waals surface area (Å²) >= 11 is 0. The maximum absolute atomic E-state index is 12.1. The van der Waals surface area contributed by atoms with Crippen molar-refractivity contribution >= 4 is 34.6 Å². The van der Waals surface area contributed by atoms with Gasteiger partial charge in [0.2, 0.25) is 11.8 Å². The number of aliphatic hydroxyl groups excluding tert-OH is 1. The van der Waals surface area contributed by atoms with Crippen molar-refractivity contribution in [2.24, 2.45) is 11.5 Å². The molecule has 1 aliphatic rings. The first-order chi connectivity index (χ1) is 14.5. The SMILES string of the molecule is NC(=O)c1cc2c(cc1C(N)=O)N(c1ccccc1)C(CO)CN2c1ccccc1. The van der Waals surface area contributed by atoms with E-state index in [0.29, 0.717) is 17.9 Å². The molecule has 1 heterocycles. The lowest BCUT2D eigenvalue weighted by Crippen LogP contribution is -2.47. The zero-order chi connectivity index (χ0) is 21.3. The Bertz CT molecular complexity index is 1090. The average molecular weight is 402 g/mol. The van der Waals surface area contributed by atoms with Crippen LogP contribution in [0.25, 0.3) is 0 Å². The molecule has 0 fully saturated rings. The van der Waals surface area contributed by atoms with Crippen molar-refractivity contribution in [3.63, 3.8) is 0 Å². The molecule has 1 unspecified atom stereocenters. The van der Waals surface area contributed by atoms with Gasteiger partial charge in [-0.3, -0.25) is 9.59 Å². The van der Waals surface area contributed by atoms with Crippen LogP contribution in [-0.4, -0.2) is 36.1 Å². The van der Waals surface area contributed by atoms with E-state index in [-0.39, 0.29) is 23.8 Å². The summed E-state index contributed by atoms with van der Waals surface area (Å²) in [4.78, 5) is 28.1. The molecule has 0 saturated heterocycles. The topological polar surface area (TPSA) is 113 Å². The Labute approximate surface area is 174 Å². The molecule has 2 amide bonds. The van der Waals surface area contributed by atoms with Crippen molar-refractivity contribution in [1.82, 2.24) is 0 Å². The molecule has 5 N–H and O–H groups in total. The highest BCUT2D eigenvalue weighted by Gasteiger charge is 2.34. The Balaban J connectivity index is 2.00. The fraction of sp³-hybridized carbons (Fsp3) is 0.130. The third-order valence-electron chi connectivity index (χ3n) is 5.27. The van der Waals surface area contributed by atoms with Crippen LogP contribution < -0.4 is 21.3 Å². The summed E-state index contributed by atoms with van der Waals surface area (Å²) in [6, 6.07) is 22.1. The number of hydrogen-bond acceptors (Lipinski definition) is 5. The first-order valence-corrected chi connectivity index (χ1v) is 9.56. The van der Waals surface area contributed by atoms with E-state index in [4.69, 9.17) is 11.5 Å². The Morgan fingerprint density at radius 1 is 0.833 bits per heavy atom. The van der Waals surface area contributed by atoms with Crippen LogP contribution in [0, 0.1) is 0 Å². The van der Waals surface area contributed by atoms with Gasteiger partial charge in [-0.15, -0.1) is 0 Å². The number of carbonyl (C=O) groups excluding carboxylic acids is 2. The van der Waals surface area contributed by atoms with Crippen molar-refractivity contribution in [1.29, 1.82) is 0 Å². The van der Waals surface area contributed by atoms with Crippen LogP contribution in [0.2, 0.25) is 0 Å². The van der Waals surface area contributed by atoms with Gasteiger partial charge in [-0.2, -0.15) is 0 Å². The number of primary amides is 2. The highest BCUT2D eigenvalue weighted by Crippen LogP contribution is 2.44. The molecule has 0 saturated carbocycles. The molecule has 0 aromatic heterocycles. The molecule has 1 aliphatic heterocycles.